The van der Waals surface area contributed by atoms with Crippen LogP contribution in [0.3, 0.4) is 0 Å². The molecule has 0 bridgehead atoms. The average Bonchev–Trinajstić information content (AvgIpc) is 2.49. The Morgan fingerprint density at radius 3 is 2.50 bits per heavy atom. The van der Waals surface area contributed by atoms with Crippen molar-refractivity contribution in [3.63, 3.8) is 0 Å². The van der Waals surface area contributed by atoms with Gasteiger partial charge in [-0.25, -0.2) is 0 Å². The molecule has 2 heterocycles. The lowest BCUT2D eigenvalue weighted by Crippen LogP contribution is -2.52. The highest BCUT2D eigenvalue weighted by molar-refractivity contribution is 4.93. The van der Waals surface area contributed by atoms with Crippen LogP contribution >= 0.6 is 0 Å². The second-order valence-corrected chi connectivity index (χ2v) is 7.19. The Balaban J connectivity index is 1.51. The van der Waals surface area contributed by atoms with E-state index in [9.17, 15) is 0 Å². The highest BCUT2D eigenvalue weighted by Crippen LogP contribution is 2.35. The molecule has 0 aromatic carbocycles. The van der Waals surface area contributed by atoms with E-state index in [0.29, 0.717) is 12.1 Å². The summed E-state index contributed by atoms with van der Waals surface area (Å²) in [5, 5.41) is 3.94. The van der Waals surface area contributed by atoms with Crippen LogP contribution in [0.15, 0.2) is 0 Å². The van der Waals surface area contributed by atoms with Gasteiger partial charge < -0.3 is 14.8 Å². The van der Waals surface area contributed by atoms with Crippen molar-refractivity contribution in [2.45, 2.75) is 82.4 Å². The van der Waals surface area contributed by atoms with Gasteiger partial charge in [-0.3, -0.25) is 0 Å². The predicted molar refractivity (Wildman–Crippen MR) is 80.9 cm³/mol. The van der Waals surface area contributed by atoms with Gasteiger partial charge in [0.05, 0.1) is 5.60 Å². The van der Waals surface area contributed by atoms with E-state index in [1.165, 1.54) is 44.9 Å². The Hall–Kier alpha value is -0.120. The Morgan fingerprint density at radius 1 is 1.00 bits per heavy atom. The minimum Gasteiger partial charge on any atom is -0.381 e. The topological polar surface area (TPSA) is 30.5 Å². The van der Waals surface area contributed by atoms with Gasteiger partial charge >= 0.3 is 0 Å². The third kappa shape index (κ3) is 3.55. The van der Waals surface area contributed by atoms with Crippen LogP contribution in [0.4, 0.5) is 0 Å². The molecule has 2 saturated heterocycles. The molecule has 1 spiro atoms. The Kier molecular flexibility index (Phi) is 5.00. The van der Waals surface area contributed by atoms with Gasteiger partial charge in [0.15, 0.2) is 0 Å². The fourth-order valence-corrected chi connectivity index (χ4v) is 4.40. The second kappa shape index (κ2) is 6.76. The molecule has 1 N–H and O–H groups in total. The largest absolute Gasteiger partial charge is 0.381 e. The third-order valence-electron chi connectivity index (χ3n) is 5.75. The van der Waals surface area contributed by atoms with Crippen LogP contribution in [0, 0.1) is 5.92 Å². The smallest absolute Gasteiger partial charge is 0.0741 e. The van der Waals surface area contributed by atoms with Crippen LogP contribution in [0.5, 0.6) is 0 Å². The van der Waals surface area contributed by atoms with Gasteiger partial charge in [-0.2, -0.15) is 0 Å². The van der Waals surface area contributed by atoms with E-state index in [1.807, 2.05) is 0 Å². The normalized spacial score (nSPS) is 33.1. The molecule has 20 heavy (non-hydrogen) atoms. The zero-order valence-electron chi connectivity index (χ0n) is 13.0. The molecule has 2 unspecified atom stereocenters. The summed E-state index contributed by atoms with van der Waals surface area (Å²) in [5.41, 5.74) is 0.125. The zero-order valence-corrected chi connectivity index (χ0v) is 13.0. The lowest BCUT2D eigenvalue weighted by Gasteiger charge is -2.44. The van der Waals surface area contributed by atoms with Gasteiger partial charge in [0.1, 0.15) is 0 Å². The molecule has 3 aliphatic rings. The minimum absolute atomic E-state index is 0.125. The van der Waals surface area contributed by atoms with Crippen LogP contribution in [0.1, 0.15) is 64.7 Å². The van der Waals surface area contributed by atoms with Crippen LogP contribution < -0.4 is 5.32 Å². The Bertz CT molecular complexity index is 290. The first-order valence-corrected chi connectivity index (χ1v) is 8.75. The molecule has 1 aliphatic carbocycles. The highest BCUT2D eigenvalue weighted by Gasteiger charge is 2.39. The van der Waals surface area contributed by atoms with Gasteiger partial charge in [0.25, 0.3) is 0 Å². The summed E-state index contributed by atoms with van der Waals surface area (Å²) in [6.07, 6.45) is 11.7. The molecule has 1 saturated carbocycles. The molecular weight excluding hydrogens is 250 g/mol. The summed E-state index contributed by atoms with van der Waals surface area (Å²) < 4.78 is 11.7. The van der Waals surface area contributed by atoms with E-state index in [0.717, 1.165) is 38.6 Å². The summed E-state index contributed by atoms with van der Waals surface area (Å²) in [6, 6.07) is 1.33. The standard InChI is InChI=1S/C17H31NO2/c1-14(15-5-3-2-4-6-15)18-16-7-10-20-17(13-16)8-11-19-12-9-17/h14-16,18H,2-13H2,1H3. The molecule has 0 radical (unpaired) electrons. The van der Waals surface area contributed by atoms with E-state index >= 15 is 0 Å². The molecule has 0 amide bonds. The summed E-state index contributed by atoms with van der Waals surface area (Å²) >= 11 is 0. The van der Waals surface area contributed by atoms with Crippen molar-refractivity contribution in [1.82, 2.24) is 5.32 Å². The molecule has 2 aliphatic heterocycles. The van der Waals surface area contributed by atoms with E-state index in [2.05, 4.69) is 12.2 Å². The number of hydrogen-bond donors (Lipinski definition) is 1. The maximum atomic E-state index is 6.14. The molecule has 3 heteroatoms. The first-order valence-electron chi connectivity index (χ1n) is 8.75. The monoisotopic (exact) mass is 281 g/mol. The zero-order chi connectivity index (χ0) is 13.8. The summed E-state index contributed by atoms with van der Waals surface area (Å²) in [6.45, 7) is 5.09. The number of nitrogens with one attached hydrogen (secondary N) is 1. The van der Waals surface area contributed by atoms with Crippen molar-refractivity contribution in [1.29, 1.82) is 0 Å². The molecule has 2 atom stereocenters. The molecular formula is C17H31NO2. The van der Waals surface area contributed by atoms with Crippen LogP contribution in [0.25, 0.3) is 0 Å². The van der Waals surface area contributed by atoms with Crippen LogP contribution in [0.2, 0.25) is 0 Å². The lowest BCUT2D eigenvalue weighted by molar-refractivity contribution is -0.141. The molecule has 3 fully saturated rings. The van der Waals surface area contributed by atoms with Crippen LogP contribution in [-0.2, 0) is 9.47 Å². The molecule has 0 aromatic heterocycles. The van der Waals surface area contributed by atoms with Crippen molar-refractivity contribution in [2.24, 2.45) is 5.92 Å². The van der Waals surface area contributed by atoms with Crippen molar-refractivity contribution < 1.29 is 9.47 Å². The Morgan fingerprint density at radius 2 is 1.75 bits per heavy atom. The summed E-state index contributed by atoms with van der Waals surface area (Å²) in [4.78, 5) is 0. The summed E-state index contributed by atoms with van der Waals surface area (Å²) in [7, 11) is 0. The van der Waals surface area contributed by atoms with Crippen molar-refractivity contribution >= 4 is 0 Å². The van der Waals surface area contributed by atoms with E-state index in [-0.39, 0.29) is 5.60 Å². The maximum Gasteiger partial charge on any atom is 0.0741 e. The SMILES string of the molecule is CC(NC1CCOC2(CCOCC2)C1)C1CCCCC1. The first kappa shape index (κ1) is 14.8. The van der Waals surface area contributed by atoms with Gasteiger partial charge in [0, 0.05) is 31.9 Å². The maximum absolute atomic E-state index is 6.14. The van der Waals surface area contributed by atoms with Gasteiger partial charge in [-0.1, -0.05) is 19.3 Å². The first-order chi connectivity index (χ1) is 9.77. The number of ether oxygens (including phenoxy) is 2. The fourth-order valence-electron chi connectivity index (χ4n) is 4.40. The van der Waals surface area contributed by atoms with E-state index < -0.39 is 0 Å². The van der Waals surface area contributed by atoms with E-state index in [1.54, 1.807) is 0 Å². The van der Waals surface area contributed by atoms with Crippen LogP contribution in [-0.4, -0.2) is 37.5 Å². The highest BCUT2D eigenvalue weighted by atomic mass is 16.5. The van der Waals surface area contributed by atoms with Gasteiger partial charge in [-0.15, -0.1) is 0 Å². The van der Waals surface area contributed by atoms with Crippen molar-refractivity contribution in [3.8, 4) is 0 Å². The molecule has 116 valence electrons. The Labute approximate surface area is 123 Å². The number of hydrogen-bond acceptors (Lipinski definition) is 3. The molecule has 3 rings (SSSR count). The quantitative estimate of drug-likeness (QED) is 0.861. The predicted octanol–water partition coefficient (Wildman–Crippen LogP) is 3.27. The lowest BCUT2D eigenvalue weighted by atomic mass is 9.81. The summed E-state index contributed by atoms with van der Waals surface area (Å²) in [5.74, 6) is 0.900. The second-order valence-electron chi connectivity index (χ2n) is 7.19. The average molecular weight is 281 g/mol. The van der Waals surface area contributed by atoms with Gasteiger partial charge in [-0.05, 0) is 51.4 Å². The van der Waals surface area contributed by atoms with Crippen molar-refractivity contribution in [2.75, 3.05) is 19.8 Å². The molecule has 0 aromatic rings. The van der Waals surface area contributed by atoms with Crippen molar-refractivity contribution in [3.05, 3.63) is 0 Å². The number of rotatable bonds is 3. The van der Waals surface area contributed by atoms with E-state index in [4.69, 9.17) is 9.47 Å². The fraction of sp³-hybridized carbons (Fsp3) is 1.00. The van der Waals surface area contributed by atoms with Gasteiger partial charge in [0.2, 0.25) is 0 Å². The minimum atomic E-state index is 0.125. The molecule has 3 nitrogen and oxygen atoms in total. The third-order valence-corrected chi connectivity index (χ3v) is 5.75.